The van der Waals surface area contributed by atoms with Crippen molar-refractivity contribution in [1.82, 2.24) is 16.1 Å². The van der Waals surface area contributed by atoms with Crippen molar-refractivity contribution in [3.05, 3.63) is 0 Å². The average Bonchev–Trinajstić information content (AvgIpc) is 2.34. The van der Waals surface area contributed by atoms with Crippen molar-refractivity contribution in [2.45, 2.75) is 26.0 Å². The first-order valence-electron chi connectivity index (χ1n) is 5.58. The Kier molecular flexibility index (Phi) is 5.05. The fourth-order valence-corrected chi connectivity index (χ4v) is 1.56. The van der Waals surface area contributed by atoms with Crippen molar-refractivity contribution in [2.24, 2.45) is 5.92 Å². The van der Waals surface area contributed by atoms with Crippen LogP contribution in [0.25, 0.3) is 0 Å². The van der Waals surface area contributed by atoms with Crippen molar-refractivity contribution in [3.63, 3.8) is 0 Å². The number of carbonyl (C=O) groups is 3. The summed E-state index contributed by atoms with van der Waals surface area (Å²) in [6.45, 7) is 3.16. The third-order valence-corrected chi connectivity index (χ3v) is 2.62. The topological polar surface area (TPSA) is 117 Å². The fraction of sp³-hybridized carbons (Fsp3) is 0.700. The standard InChI is InChI=1S/C10H17N3O5/c1-5-3-11-7(14)4-18-8(10(16)13-17)6(2)9(15)12-5/h5-6,8,17H,3-4H2,1-2H3,(H,11,14)(H,12,15)(H,13,16). The van der Waals surface area contributed by atoms with Crippen molar-refractivity contribution in [1.29, 1.82) is 0 Å². The molecule has 8 heteroatoms. The Hall–Kier alpha value is -1.67. The van der Waals surface area contributed by atoms with Gasteiger partial charge in [0.05, 0.1) is 5.92 Å². The molecule has 1 rings (SSSR count). The Labute approximate surface area is 104 Å². The monoisotopic (exact) mass is 259 g/mol. The SMILES string of the molecule is CC1CNC(=O)COC(C(=O)NO)C(C)C(=O)N1. The van der Waals surface area contributed by atoms with Gasteiger partial charge < -0.3 is 15.4 Å². The minimum atomic E-state index is -1.22. The van der Waals surface area contributed by atoms with E-state index < -0.39 is 17.9 Å². The van der Waals surface area contributed by atoms with Crippen molar-refractivity contribution in [2.75, 3.05) is 13.2 Å². The molecular formula is C10H17N3O5. The zero-order valence-corrected chi connectivity index (χ0v) is 10.2. The Morgan fingerprint density at radius 1 is 1.44 bits per heavy atom. The molecule has 1 fully saturated rings. The second-order valence-corrected chi connectivity index (χ2v) is 4.21. The summed E-state index contributed by atoms with van der Waals surface area (Å²) in [4.78, 5) is 34.5. The van der Waals surface area contributed by atoms with Crippen LogP contribution in [0.15, 0.2) is 0 Å². The lowest BCUT2D eigenvalue weighted by atomic mass is 10.0. The molecule has 0 aromatic carbocycles. The van der Waals surface area contributed by atoms with Gasteiger partial charge in [-0.1, -0.05) is 6.92 Å². The molecule has 1 saturated heterocycles. The molecule has 102 valence electrons. The molecule has 3 amide bonds. The molecule has 1 aliphatic heterocycles. The van der Waals surface area contributed by atoms with E-state index in [4.69, 9.17) is 9.94 Å². The first-order chi connectivity index (χ1) is 8.45. The van der Waals surface area contributed by atoms with E-state index >= 15 is 0 Å². The number of ether oxygens (including phenoxy) is 1. The summed E-state index contributed by atoms with van der Waals surface area (Å²) in [7, 11) is 0. The second kappa shape index (κ2) is 6.31. The molecule has 0 radical (unpaired) electrons. The summed E-state index contributed by atoms with van der Waals surface area (Å²) in [5.41, 5.74) is 1.42. The molecule has 0 aliphatic carbocycles. The van der Waals surface area contributed by atoms with Crippen LogP contribution in [0.3, 0.4) is 0 Å². The van der Waals surface area contributed by atoms with Crippen LogP contribution in [-0.4, -0.2) is 48.2 Å². The molecule has 0 bridgehead atoms. The molecule has 8 nitrogen and oxygen atoms in total. The number of carbonyl (C=O) groups excluding carboxylic acids is 3. The van der Waals surface area contributed by atoms with Crippen LogP contribution in [-0.2, 0) is 19.1 Å². The maximum atomic E-state index is 11.8. The maximum Gasteiger partial charge on any atom is 0.273 e. The second-order valence-electron chi connectivity index (χ2n) is 4.21. The maximum absolute atomic E-state index is 11.8. The molecule has 1 heterocycles. The number of hydrogen-bond donors (Lipinski definition) is 4. The lowest BCUT2D eigenvalue weighted by molar-refractivity contribution is -0.153. The van der Waals surface area contributed by atoms with Gasteiger partial charge in [-0.2, -0.15) is 0 Å². The quantitative estimate of drug-likeness (QED) is 0.326. The molecule has 3 atom stereocenters. The predicted molar refractivity (Wildman–Crippen MR) is 59.4 cm³/mol. The highest BCUT2D eigenvalue weighted by Gasteiger charge is 2.32. The third-order valence-electron chi connectivity index (χ3n) is 2.62. The van der Waals surface area contributed by atoms with Gasteiger partial charge in [0.2, 0.25) is 11.8 Å². The van der Waals surface area contributed by atoms with E-state index in [9.17, 15) is 14.4 Å². The van der Waals surface area contributed by atoms with Crippen molar-refractivity contribution >= 4 is 17.7 Å². The smallest absolute Gasteiger partial charge is 0.273 e. The van der Waals surface area contributed by atoms with Gasteiger partial charge in [-0.25, -0.2) is 5.48 Å². The highest BCUT2D eigenvalue weighted by Crippen LogP contribution is 2.09. The first-order valence-corrected chi connectivity index (χ1v) is 5.58. The van der Waals surface area contributed by atoms with Gasteiger partial charge in [0.15, 0.2) is 0 Å². The zero-order chi connectivity index (χ0) is 13.7. The fourth-order valence-electron chi connectivity index (χ4n) is 1.56. The zero-order valence-electron chi connectivity index (χ0n) is 10.2. The summed E-state index contributed by atoms with van der Waals surface area (Å²) >= 11 is 0. The Bertz CT molecular complexity index is 346. The van der Waals surface area contributed by atoms with Crippen LogP contribution in [0.2, 0.25) is 0 Å². The molecule has 0 aromatic rings. The summed E-state index contributed by atoms with van der Waals surface area (Å²) in [5.74, 6) is -2.45. The summed E-state index contributed by atoms with van der Waals surface area (Å²) in [6, 6.07) is -0.250. The molecule has 0 spiro atoms. The van der Waals surface area contributed by atoms with E-state index in [1.165, 1.54) is 12.4 Å². The lowest BCUT2D eigenvalue weighted by Crippen LogP contribution is -2.52. The van der Waals surface area contributed by atoms with E-state index in [0.717, 1.165) is 0 Å². The normalized spacial score (nSPS) is 30.1. The van der Waals surface area contributed by atoms with E-state index in [1.807, 2.05) is 0 Å². The Balaban J connectivity index is 2.84. The van der Waals surface area contributed by atoms with E-state index in [1.54, 1.807) is 6.92 Å². The average molecular weight is 259 g/mol. The number of amides is 3. The van der Waals surface area contributed by atoms with Crippen LogP contribution < -0.4 is 16.1 Å². The van der Waals surface area contributed by atoms with E-state index in [-0.39, 0.29) is 31.0 Å². The highest BCUT2D eigenvalue weighted by molar-refractivity contribution is 5.89. The highest BCUT2D eigenvalue weighted by atomic mass is 16.5. The minimum Gasteiger partial charge on any atom is -0.358 e. The Morgan fingerprint density at radius 3 is 2.72 bits per heavy atom. The van der Waals surface area contributed by atoms with Gasteiger partial charge in [-0.05, 0) is 6.92 Å². The van der Waals surface area contributed by atoms with Gasteiger partial charge in [-0.3, -0.25) is 19.6 Å². The molecule has 18 heavy (non-hydrogen) atoms. The number of hydroxylamine groups is 1. The third kappa shape index (κ3) is 3.67. The molecule has 1 aliphatic rings. The van der Waals surface area contributed by atoms with Crippen LogP contribution in [0.4, 0.5) is 0 Å². The molecule has 4 N–H and O–H groups in total. The largest absolute Gasteiger partial charge is 0.358 e. The van der Waals surface area contributed by atoms with Gasteiger partial charge >= 0.3 is 0 Å². The Morgan fingerprint density at radius 2 is 2.11 bits per heavy atom. The van der Waals surface area contributed by atoms with Gasteiger partial charge in [0.1, 0.15) is 12.7 Å². The van der Waals surface area contributed by atoms with Gasteiger partial charge in [0.25, 0.3) is 5.91 Å². The molecule has 0 saturated carbocycles. The van der Waals surface area contributed by atoms with Crippen molar-refractivity contribution in [3.8, 4) is 0 Å². The van der Waals surface area contributed by atoms with Crippen LogP contribution in [0.5, 0.6) is 0 Å². The number of hydrogen-bond acceptors (Lipinski definition) is 5. The van der Waals surface area contributed by atoms with Crippen LogP contribution in [0.1, 0.15) is 13.8 Å². The van der Waals surface area contributed by atoms with Gasteiger partial charge in [-0.15, -0.1) is 0 Å². The summed E-state index contributed by atoms with van der Waals surface area (Å²) in [6.07, 6.45) is -1.22. The predicted octanol–water partition coefficient (Wildman–Crippen LogP) is -1.85. The van der Waals surface area contributed by atoms with Crippen molar-refractivity contribution < 1.29 is 24.3 Å². The minimum absolute atomic E-state index is 0.250. The van der Waals surface area contributed by atoms with E-state index in [0.29, 0.717) is 0 Å². The summed E-state index contributed by atoms with van der Waals surface area (Å²) in [5, 5.41) is 13.8. The number of rotatable bonds is 1. The molecular weight excluding hydrogens is 242 g/mol. The van der Waals surface area contributed by atoms with Crippen LogP contribution >= 0.6 is 0 Å². The molecule has 0 aromatic heterocycles. The summed E-state index contributed by atoms with van der Waals surface area (Å²) < 4.78 is 5.06. The van der Waals surface area contributed by atoms with Gasteiger partial charge in [0, 0.05) is 12.6 Å². The number of nitrogens with one attached hydrogen (secondary N) is 3. The molecule has 3 unspecified atom stereocenters. The lowest BCUT2D eigenvalue weighted by Gasteiger charge is -2.25. The van der Waals surface area contributed by atoms with E-state index in [2.05, 4.69) is 10.6 Å². The first kappa shape index (κ1) is 14.4. The van der Waals surface area contributed by atoms with Crippen LogP contribution in [0, 0.1) is 5.92 Å².